The first kappa shape index (κ1) is 19.3. The summed E-state index contributed by atoms with van der Waals surface area (Å²) in [5.74, 6) is 0.878. The van der Waals surface area contributed by atoms with Crippen LogP contribution in [0.5, 0.6) is 5.75 Å². The maximum Gasteiger partial charge on any atom is 0.259 e. The number of nitrogens with one attached hydrogen (secondary N) is 1. The second-order valence-electron chi connectivity index (χ2n) is 7.46. The summed E-state index contributed by atoms with van der Waals surface area (Å²) in [6.45, 7) is 1.22. The van der Waals surface area contributed by atoms with Crippen molar-refractivity contribution in [1.82, 2.24) is 4.98 Å². The van der Waals surface area contributed by atoms with Crippen molar-refractivity contribution in [1.29, 1.82) is 0 Å². The van der Waals surface area contributed by atoms with Gasteiger partial charge >= 0.3 is 0 Å². The smallest absolute Gasteiger partial charge is 0.259 e. The third-order valence-electron chi connectivity index (χ3n) is 5.26. The Morgan fingerprint density at radius 3 is 2.65 bits per heavy atom. The van der Waals surface area contributed by atoms with E-state index in [1.54, 1.807) is 12.1 Å². The Hall–Kier alpha value is -3.64. The van der Waals surface area contributed by atoms with Crippen LogP contribution in [0.1, 0.15) is 23.2 Å². The molecule has 31 heavy (non-hydrogen) atoms. The van der Waals surface area contributed by atoms with Crippen molar-refractivity contribution in [3.05, 3.63) is 78.4 Å². The van der Waals surface area contributed by atoms with Crippen LogP contribution in [0.15, 0.2) is 77.2 Å². The number of oxazole rings is 1. The molecular weight excluding hydrogens is 392 g/mol. The minimum atomic E-state index is -0.224. The van der Waals surface area contributed by atoms with E-state index in [0.717, 1.165) is 36.1 Å². The highest BCUT2D eigenvalue weighted by Crippen LogP contribution is 2.26. The number of fused-ring (bicyclic) bond motifs is 1. The first-order valence-corrected chi connectivity index (χ1v) is 10.4. The molecular formula is C25H22N2O4. The Kier molecular flexibility index (Phi) is 5.37. The highest BCUT2D eigenvalue weighted by molar-refractivity contribution is 6.06. The van der Waals surface area contributed by atoms with Crippen molar-refractivity contribution in [2.24, 2.45) is 0 Å². The van der Waals surface area contributed by atoms with Crippen molar-refractivity contribution < 1.29 is 18.7 Å². The quantitative estimate of drug-likeness (QED) is 0.463. The summed E-state index contributed by atoms with van der Waals surface area (Å²) < 4.78 is 17.3. The molecule has 0 saturated carbocycles. The van der Waals surface area contributed by atoms with Crippen LogP contribution in [0.4, 0.5) is 5.69 Å². The first-order valence-electron chi connectivity index (χ1n) is 10.4. The summed E-state index contributed by atoms with van der Waals surface area (Å²) in [4.78, 5) is 17.4. The van der Waals surface area contributed by atoms with E-state index < -0.39 is 0 Å². The summed E-state index contributed by atoms with van der Waals surface area (Å²) in [5.41, 5.74) is 3.57. The molecule has 1 atom stereocenters. The number of carbonyl (C=O) groups excluding carboxylic acids is 1. The Bertz CT molecular complexity index is 1160. The van der Waals surface area contributed by atoms with Crippen molar-refractivity contribution in [3.63, 3.8) is 0 Å². The summed E-state index contributed by atoms with van der Waals surface area (Å²) in [6.07, 6.45) is 2.13. The number of amides is 1. The van der Waals surface area contributed by atoms with Gasteiger partial charge in [0, 0.05) is 17.9 Å². The SMILES string of the molecule is O=C(Nc1ccc(-c2nc3ccccc3o2)cc1)c1ccccc1OC[C@H]1CCCO1. The molecule has 1 N–H and O–H groups in total. The van der Waals surface area contributed by atoms with Gasteiger partial charge in [-0.3, -0.25) is 4.79 Å². The second-order valence-corrected chi connectivity index (χ2v) is 7.46. The van der Waals surface area contributed by atoms with Crippen molar-refractivity contribution in [3.8, 4) is 17.2 Å². The maximum absolute atomic E-state index is 12.9. The van der Waals surface area contributed by atoms with E-state index in [-0.39, 0.29) is 12.0 Å². The van der Waals surface area contributed by atoms with E-state index in [9.17, 15) is 4.79 Å². The monoisotopic (exact) mass is 414 g/mol. The Morgan fingerprint density at radius 1 is 1.03 bits per heavy atom. The molecule has 1 aliphatic rings. The number of para-hydroxylation sites is 3. The zero-order valence-electron chi connectivity index (χ0n) is 16.9. The van der Waals surface area contributed by atoms with Crippen LogP contribution in [0.2, 0.25) is 0 Å². The first-order chi connectivity index (χ1) is 15.3. The van der Waals surface area contributed by atoms with Crippen LogP contribution >= 0.6 is 0 Å². The van der Waals surface area contributed by atoms with Crippen LogP contribution in [0.3, 0.4) is 0 Å². The Labute approximate surface area is 179 Å². The number of hydrogen-bond donors (Lipinski definition) is 1. The number of ether oxygens (including phenoxy) is 2. The molecule has 5 rings (SSSR count). The van der Waals surface area contributed by atoms with E-state index in [0.29, 0.717) is 29.5 Å². The molecule has 0 spiro atoms. The van der Waals surface area contributed by atoms with Gasteiger partial charge in [-0.15, -0.1) is 0 Å². The molecule has 1 aliphatic heterocycles. The van der Waals surface area contributed by atoms with Crippen molar-refractivity contribution in [2.75, 3.05) is 18.5 Å². The molecule has 1 aromatic heterocycles. The van der Waals surface area contributed by atoms with E-state index in [1.165, 1.54) is 0 Å². The summed E-state index contributed by atoms with van der Waals surface area (Å²) in [6, 6.07) is 22.3. The van der Waals surface area contributed by atoms with Gasteiger partial charge in [0.15, 0.2) is 5.58 Å². The van der Waals surface area contributed by atoms with Crippen LogP contribution in [0.25, 0.3) is 22.6 Å². The topological polar surface area (TPSA) is 73.6 Å². The van der Waals surface area contributed by atoms with Gasteiger partial charge in [-0.1, -0.05) is 24.3 Å². The van der Waals surface area contributed by atoms with E-state index in [1.807, 2.05) is 60.7 Å². The van der Waals surface area contributed by atoms with Crippen molar-refractivity contribution >= 4 is 22.7 Å². The van der Waals surface area contributed by atoms with E-state index in [4.69, 9.17) is 13.9 Å². The van der Waals surface area contributed by atoms with Crippen LogP contribution in [0, 0.1) is 0 Å². The molecule has 1 saturated heterocycles. The summed E-state index contributed by atoms with van der Waals surface area (Å²) in [5, 5.41) is 2.93. The summed E-state index contributed by atoms with van der Waals surface area (Å²) >= 11 is 0. The van der Waals surface area contributed by atoms with E-state index in [2.05, 4.69) is 10.3 Å². The lowest BCUT2D eigenvalue weighted by molar-refractivity contribution is 0.0673. The fourth-order valence-corrected chi connectivity index (χ4v) is 3.63. The molecule has 1 amide bonds. The molecule has 6 heteroatoms. The van der Waals surface area contributed by atoms with Gasteiger partial charge in [0.2, 0.25) is 5.89 Å². The fourth-order valence-electron chi connectivity index (χ4n) is 3.63. The van der Waals surface area contributed by atoms with E-state index >= 15 is 0 Å². The normalized spacial score (nSPS) is 15.8. The second kappa shape index (κ2) is 8.62. The molecule has 1 fully saturated rings. The lowest BCUT2D eigenvalue weighted by atomic mass is 10.1. The number of aromatic nitrogens is 1. The standard InChI is InChI=1S/C25H22N2O4/c28-24(20-7-1-3-9-22(20)30-16-19-6-5-15-29-19)26-18-13-11-17(12-14-18)25-27-21-8-2-4-10-23(21)31-25/h1-4,7-14,19H,5-6,15-16H2,(H,26,28)/t19-/m1/s1. The van der Waals surface area contributed by atoms with Crippen LogP contribution < -0.4 is 10.1 Å². The molecule has 156 valence electrons. The number of nitrogens with zero attached hydrogens (tertiary/aromatic N) is 1. The number of hydrogen-bond acceptors (Lipinski definition) is 5. The molecule has 0 bridgehead atoms. The average molecular weight is 414 g/mol. The lowest BCUT2D eigenvalue weighted by Gasteiger charge is -2.14. The third kappa shape index (κ3) is 4.29. The molecule has 0 radical (unpaired) electrons. The predicted molar refractivity (Wildman–Crippen MR) is 118 cm³/mol. The largest absolute Gasteiger partial charge is 0.490 e. The van der Waals surface area contributed by atoms with Gasteiger partial charge < -0.3 is 19.2 Å². The Morgan fingerprint density at radius 2 is 1.84 bits per heavy atom. The predicted octanol–water partition coefficient (Wildman–Crippen LogP) is 5.30. The van der Waals surface area contributed by atoms with Gasteiger partial charge in [0.05, 0.1) is 11.7 Å². The molecule has 2 heterocycles. The highest BCUT2D eigenvalue weighted by atomic mass is 16.5. The van der Waals surface area contributed by atoms with Gasteiger partial charge in [0.1, 0.15) is 17.9 Å². The maximum atomic E-state index is 12.9. The molecule has 4 aromatic rings. The molecule has 0 aliphatic carbocycles. The van der Waals surface area contributed by atoms with Crippen LogP contribution in [-0.4, -0.2) is 30.2 Å². The molecule has 6 nitrogen and oxygen atoms in total. The van der Waals surface area contributed by atoms with Crippen molar-refractivity contribution in [2.45, 2.75) is 18.9 Å². The zero-order chi connectivity index (χ0) is 21.0. The summed E-state index contributed by atoms with van der Waals surface area (Å²) in [7, 11) is 0. The molecule has 0 unspecified atom stereocenters. The molecule has 3 aromatic carbocycles. The minimum Gasteiger partial charge on any atom is -0.490 e. The van der Waals surface area contributed by atoms with Gasteiger partial charge in [-0.05, 0) is 61.4 Å². The van der Waals surface area contributed by atoms with Gasteiger partial charge in [-0.2, -0.15) is 0 Å². The third-order valence-corrected chi connectivity index (χ3v) is 5.26. The highest BCUT2D eigenvalue weighted by Gasteiger charge is 2.18. The Balaban J connectivity index is 1.28. The number of benzene rings is 3. The fraction of sp³-hybridized carbons (Fsp3) is 0.200. The average Bonchev–Trinajstić information content (AvgIpc) is 3.48. The minimum absolute atomic E-state index is 0.0931. The van der Waals surface area contributed by atoms with Crippen LogP contribution in [-0.2, 0) is 4.74 Å². The van der Waals surface area contributed by atoms with Gasteiger partial charge in [0.25, 0.3) is 5.91 Å². The zero-order valence-corrected chi connectivity index (χ0v) is 16.9. The number of rotatable bonds is 6. The lowest BCUT2D eigenvalue weighted by Crippen LogP contribution is -2.19. The van der Waals surface area contributed by atoms with Gasteiger partial charge in [-0.25, -0.2) is 4.98 Å². The number of carbonyl (C=O) groups is 1. The number of anilines is 1.